The molecule has 2 amide bonds. The van der Waals surface area contributed by atoms with Crippen molar-refractivity contribution in [2.75, 3.05) is 19.8 Å². The summed E-state index contributed by atoms with van der Waals surface area (Å²) in [6, 6.07) is 4.48. The van der Waals surface area contributed by atoms with E-state index < -0.39 is 56.2 Å². The molecular formula is C41H53N3O10S. The Balaban J connectivity index is 1.22. The fraction of sp³-hybridized carbons (Fsp3) is 0.634. The second-order valence-electron chi connectivity index (χ2n) is 17.3. The maximum atomic E-state index is 14.9. The van der Waals surface area contributed by atoms with E-state index in [1.807, 2.05) is 31.2 Å². The van der Waals surface area contributed by atoms with Gasteiger partial charge in [0.2, 0.25) is 27.7 Å². The van der Waals surface area contributed by atoms with Crippen molar-refractivity contribution >= 4 is 44.4 Å². The van der Waals surface area contributed by atoms with Gasteiger partial charge in [-0.05, 0) is 95.2 Å². The lowest BCUT2D eigenvalue weighted by atomic mass is 9.82. The van der Waals surface area contributed by atoms with E-state index in [2.05, 4.69) is 16.6 Å². The highest BCUT2D eigenvalue weighted by atomic mass is 32.2. The smallest absolute Gasteiger partial charge is 0.307 e. The average molecular weight is 780 g/mol. The van der Waals surface area contributed by atoms with E-state index in [-0.39, 0.29) is 55.3 Å². The lowest BCUT2D eigenvalue weighted by Crippen LogP contribution is -2.47. The van der Waals surface area contributed by atoms with E-state index >= 15 is 0 Å². The van der Waals surface area contributed by atoms with Crippen LogP contribution >= 0.6 is 0 Å². The second-order valence-corrected chi connectivity index (χ2v) is 19.2. The van der Waals surface area contributed by atoms with Crippen molar-refractivity contribution in [3.05, 3.63) is 36.5 Å². The topological polar surface area (TPSA) is 168 Å². The highest BCUT2D eigenvalue weighted by molar-refractivity contribution is 7.90. The molecule has 4 heterocycles. The number of Topliss-reactive ketones (excluding diaryl/α,β-unsaturated/α-hetero) is 1. The van der Waals surface area contributed by atoms with E-state index in [1.54, 1.807) is 33.0 Å². The van der Waals surface area contributed by atoms with E-state index in [4.69, 9.17) is 18.9 Å². The molecule has 2 saturated carbocycles. The molecule has 55 heavy (non-hydrogen) atoms. The molecule has 2 aliphatic carbocycles. The van der Waals surface area contributed by atoms with Gasteiger partial charge in [-0.25, -0.2) is 13.4 Å². The van der Waals surface area contributed by atoms with Crippen LogP contribution in [0.4, 0.5) is 0 Å². The Morgan fingerprint density at radius 2 is 1.80 bits per heavy atom. The highest BCUT2D eigenvalue weighted by Gasteiger charge is 2.61. The number of ketones is 1. The van der Waals surface area contributed by atoms with E-state index in [0.29, 0.717) is 61.7 Å². The Morgan fingerprint density at radius 1 is 1.04 bits per heavy atom. The zero-order valence-electron chi connectivity index (χ0n) is 32.4. The van der Waals surface area contributed by atoms with Crippen LogP contribution in [0, 0.1) is 29.1 Å². The van der Waals surface area contributed by atoms with Crippen molar-refractivity contribution in [1.82, 2.24) is 14.6 Å². The lowest BCUT2D eigenvalue weighted by Gasteiger charge is -2.32. The second kappa shape index (κ2) is 15.0. The van der Waals surface area contributed by atoms with Crippen molar-refractivity contribution in [1.29, 1.82) is 0 Å². The van der Waals surface area contributed by atoms with Crippen LogP contribution in [0.1, 0.15) is 92.4 Å². The van der Waals surface area contributed by atoms with Gasteiger partial charge in [-0.1, -0.05) is 26.0 Å². The molecule has 0 spiro atoms. The third-order valence-electron chi connectivity index (χ3n) is 11.7. The van der Waals surface area contributed by atoms with Crippen molar-refractivity contribution < 1.29 is 46.5 Å². The monoisotopic (exact) mass is 779 g/mol. The van der Waals surface area contributed by atoms with E-state index in [9.17, 15) is 27.6 Å². The first-order chi connectivity index (χ1) is 26.0. The van der Waals surface area contributed by atoms with Crippen molar-refractivity contribution in [2.24, 2.45) is 29.1 Å². The van der Waals surface area contributed by atoms with Crippen molar-refractivity contribution in [2.45, 2.75) is 115 Å². The predicted molar refractivity (Wildman–Crippen MR) is 203 cm³/mol. The van der Waals surface area contributed by atoms with Gasteiger partial charge in [0, 0.05) is 29.8 Å². The van der Waals surface area contributed by atoms with Gasteiger partial charge in [-0.15, -0.1) is 0 Å². The first kappa shape index (κ1) is 39.1. The molecule has 0 bridgehead atoms. The van der Waals surface area contributed by atoms with Crippen LogP contribution in [0.5, 0.6) is 17.4 Å². The van der Waals surface area contributed by atoms with Gasteiger partial charge in [0.25, 0.3) is 0 Å². The minimum absolute atomic E-state index is 0.0452. The molecule has 298 valence electrons. The number of hydrogen-bond donors (Lipinski definition) is 1. The zero-order chi connectivity index (χ0) is 39.3. The van der Waals surface area contributed by atoms with Gasteiger partial charge >= 0.3 is 5.97 Å². The molecular weight excluding hydrogens is 727 g/mol. The molecule has 0 unspecified atom stereocenters. The van der Waals surface area contributed by atoms with Gasteiger partial charge < -0.3 is 23.8 Å². The SMILES string of the molecule is C[C@H]1CC/C=C\[C@@H]2C[C@@]2(C(=O)NS(=O)(=O)C2CC2)CC(=O)[C@@H]2C[C@@H](Oc3nccc4c5c(ccc34)OCCO5)CN2C(=O)[C@@H](CC(=O)OC(C)(C)C)[C@H](C)C1. The Morgan fingerprint density at radius 3 is 2.55 bits per heavy atom. The summed E-state index contributed by atoms with van der Waals surface area (Å²) in [4.78, 5) is 62.7. The van der Waals surface area contributed by atoms with Gasteiger partial charge in [0.1, 0.15) is 24.9 Å². The maximum absolute atomic E-state index is 14.9. The predicted octanol–water partition coefficient (Wildman–Crippen LogP) is 5.29. The molecule has 2 aromatic rings. The molecule has 7 atom stereocenters. The number of amides is 2. The summed E-state index contributed by atoms with van der Waals surface area (Å²) in [5.74, 6) is -1.46. The van der Waals surface area contributed by atoms with Gasteiger partial charge in [0.15, 0.2) is 17.3 Å². The quantitative estimate of drug-likeness (QED) is 0.287. The van der Waals surface area contributed by atoms with Gasteiger partial charge in [-0.2, -0.15) is 0 Å². The fourth-order valence-electron chi connectivity index (χ4n) is 8.54. The van der Waals surface area contributed by atoms with Crippen LogP contribution in [-0.4, -0.2) is 84.6 Å². The molecule has 7 rings (SSSR count). The third kappa shape index (κ3) is 8.49. The molecule has 14 heteroatoms. The number of hydrogen-bond acceptors (Lipinski definition) is 11. The molecule has 1 aromatic carbocycles. The number of ether oxygens (including phenoxy) is 4. The number of pyridine rings is 1. The molecule has 1 saturated heterocycles. The Kier molecular flexibility index (Phi) is 10.7. The maximum Gasteiger partial charge on any atom is 0.307 e. The largest absolute Gasteiger partial charge is 0.486 e. The summed E-state index contributed by atoms with van der Waals surface area (Å²) in [7, 11) is -3.86. The molecule has 5 aliphatic rings. The number of carbonyl (C=O) groups is 4. The number of benzene rings is 1. The number of fused-ring (bicyclic) bond motifs is 5. The Bertz CT molecular complexity index is 1990. The number of sulfonamides is 1. The van der Waals surface area contributed by atoms with Crippen LogP contribution in [0.2, 0.25) is 0 Å². The van der Waals surface area contributed by atoms with Crippen molar-refractivity contribution in [3.63, 3.8) is 0 Å². The molecule has 1 aromatic heterocycles. The number of nitrogens with zero attached hydrogens (tertiary/aromatic N) is 2. The molecule has 13 nitrogen and oxygen atoms in total. The number of rotatable bonds is 7. The molecule has 0 radical (unpaired) electrons. The van der Waals surface area contributed by atoms with Crippen molar-refractivity contribution in [3.8, 4) is 17.4 Å². The summed E-state index contributed by atoms with van der Waals surface area (Å²) in [5.41, 5.74) is -2.00. The summed E-state index contributed by atoms with van der Waals surface area (Å²) >= 11 is 0. The summed E-state index contributed by atoms with van der Waals surface area (Å²) in [6.07, 6.45) is 8.16. The number of allylic oxidation sites excluding steroid dienone is 2. The highest BCUT2D eigenvalue weighted by Crippen LogP contribution is 2.57. The first-order valence-electron chi connectivity index (χ1n) is 19.7. The van der Waals surface area contributed by atoms with Gasteiger partial charge in [-0.3, -0.25) is 23.9 Å². The molecule has 3 fully saturated rings. The van der Waals surface area contributed by atoms with Crippen LogP contribution in [0.25, 0.3) is 10.8 Å². The number of carbonyl (C=O) groups excluding carboxylic acids is 4. The summed E-state index contributed by atoms with van der Waals surface area (Å²) in [5, 5.41) is 0.834. The Hall–Kier alpha value is -4.20. The van der Waals surface area contributed by atoms with Crippen LogP contribution < -0.4 is 18.9 Å². The lowest BCUT2D eigenvalue weighted by molar-refractivity contribution is -0.160. The van der Waals surface area contributed by atoms with E-state index in [0.717, 1.165) is 18.2 Å². The number of aromatic nitrogens is 1. The normalized spacial score (nSPS) is 30.7. The minimum Gasteiger partial charge on any atom is -0.486 e. The van der Waals surface area contributed by atoms with E-state index in [1.165, 1.54) is 4.90 Å². The van der Waals surface area contributed by atoms with Crippen LogP contribution in [0.15, 0.2) is 36.5 Å². The number of nitrogens with one attached hydrogen (secondary N) is 1. The van der Waals surface area contributed by atoms with Gasteiger partial charge in [0.05, 0.1) is 35.6 Å². The minimum atomic E-state index is -3.86. The fourth-order valence-corrected chi connectivity index (χ4v) is 9.92. The summed E-state index contributed by atoms with van der Waals surface area (Å²) in [6.45, 7) is 10.3. The average Bonchev–Trinajstić information content (AvgIpc) is 4.05. The molecule has 3 aliphatic heterocycles. The van der Waals surface area contributed by atoms with Crippen LogP contribution in [-0.2, 0) is 33.9 Å². The number of esters is 1. The summed E-state index contributed by atoms with van der Waals surface area (Å²) < 4.78 is 52.1. The first-order valence-corrected chi connectivity index (χ1v) is 21.2. The zero-order valence-corrected chi connectivity index (χ0v) is 33.2. The Labute approximate surface area is 322 Å². The van der Waals surface area contributed by atoms with Crippen LogP contribution in [0.3, 0.4) is 0 Å². The molecule has 1 N–H and O–H groups in total. The third-order valence-corrected chi connectivity index (χ3v) is 13.5. The standard InChI is InChI=1S/C41H53N3O10S/c1-24-8-6-7-9-26-21-41(26,39(48)43-55(49,50)28-10-11-28)22-33(45)32-19-27(23-44(32)38(47)31(25(2)18-24)20-35(46)54-40(3,4)5)53-37-30-12-13-34-36(52-17-16-51-34)29(30)14-15-42-37/h7,9,12-15,24-28,31-32H,6,8,10-11,16-23H2,1-5H3,(H,43,48)/b9-7-/t24-,25+,26+,27+,31-,32-,41+/m0/s1.